The summed E-state index contributed by atoms with van der Waals surface area (Å²) in [5.74, 6) is 0. The Morgan fingerprint density at radius 2 is 1.80 bits per heavy atom. The summed E-state index contributed by atoms with van der Waals surface area (Å²) in [5.41, 5.74) is 0.206. The van der Waals surface area contributed by atoms with E-state index in [0.29, 0.717) is 6.61 Å². The number of ether oxygens (including phenoxy) is 1. The zero-order chi connectivity index (χ0) is 11.7. The van der Waals surface area contributed by atoms with Crippen LogP contribution in [-0.4, -0.2) is 24.0 Å². The van der Waals surface area contributed by atoms with Crippen LogP contribution in [0.2, 0.25) is 0 Å². The molecule has 15 heavy (non-hydrogen) atoms. The van der Waals surface area contributed by atoms with Crippen LogP contribution in [0, 0.1) is 0 Å². The minimum Gasteiger partial charge on any atom is -0.698 e. The van der Waals surface area contributed by atoms with Crippen molar-refractivity contribution >= 4 is 17.9 Å². The fraction of sp³-hybridized carbons (Fsp3) is 0.909. The second kappa shape index (κ2) is 7.88. The lowest BCUT2D eigenvalue weighted by molar-refractivity contribution is 0.172. The van der Waals surface area contributed by atoms with Gasteiger partial charge < -0.3 is 22.7 Å². The molecule has 0 aromatic carbocycles. The first kappa shape index (κ1) is 14.6. The maximum Gasteiger partial charge on any atom is 0.184 e. The van der Waals surface area contributed by atoms with Crippen LogP contribution in [0.3, 0.4) is 0 Å². The Balaban J connectivity index is 3.09. The van der Waals surface area contributed by atoms with E-state index in [9.17, 15) is 4.79 Å². The molecule has 0 saturated carbocycles. The van der Waals surface area contributed by atoms with Crippen molar-refractivity contribution in [2.45, 2.75) is 52.0 Å². The van der Waals surface area contributed by atoms with Gasteiger partial charge >= 0.3 is 0 Å². The van der Waals surface area contributed by atoms with E-state index in [0.717, 1.165) is 25.8 Å². The topological polar surface area (TPSA) is 38.3 Å². The van der Waals surface area contributed by atoms with Gasteiger partial charge in [0.05, 0.1) is 6.61 Å². The van der Waals surface area contributed by atoms with E-state index in [2.05, 4.69) is 43.5 Å². The Kier molecular flexibility index (Phi) is 7.70. The molecule has 0 amide bonds. The van der Waals surface area contributed by atoms with Crippen molar-refractivity contribution in [2.75, 3.05) is 13.2 Å². The van der Waals surface area contributed by atoms with Crippen molar-refractivity contribution in [3.05, 3.63) is 0 Å². The maximum absolute atomic E-state index is 10.3. The first-order chi connectivity index (χ1) is 6.92. The predicted octanol–water partition coefficient (Wildman–Crippen LogP) is 2.62. The quantitative estimate of drug-likeness (QED) is 0.416. The van der Waals surface area contributed by atoms with Crippen molar-refractivity contribution in [3.8, 4) is 0 Å². The SMILES string of the molecule is CC(C)(C)NCCCCCCOC(=O)[S-]. The summed E-state index contributed by atoms with van der Waals surface area (Å²) in [6, 6.07) is 0. The number of carbonyl (C=O) groups is 1. The van der Waals surface area contributed by atoms with E-state index < -0.39 is 5.30 Å². The van der Waals surface area contributed by atoms with Crippen molar-refractivity contribution in [2.24, 2.45) is 0 Å². The van der Waals surface area contributed by atoms with E-state index in [1.807, 2.05) is 0 Å². The Bertz CT molecular complexity index is 178. The second-order valence-corrected chi connectivity index (χ2v) is 5.02. The number of nitrogens with one attached hydrogen (secondary N) is 1. The highest BCUT2D eigenvalue weighted by Gasteiger charge is 2.06. The molecule has 0 aliphatic carbocycles. The molecule has 0 unspecified atom stereocenters. The summed E-state index contributed by atoms with van der Waals surface area (Å²) in [6.07, 6.45) is 4.34. The molecule has 1 N–H and O–H groups in total. The molecule has 0 aromatic rings. The molecule has 0 radical (unpaired) electrons. The van der Waals surface area contributed by atoms with Gasteiger partial charge in [0.15, 0.2) is 5.30 Å². The lowest BCUT2D eigenvalue weighted by Gasteiger charge is -2.20. The van der Waals surface area contributed by atoms with Crippen molar-refractivity contribution < 1.29 is 9.53 Å². The molecule has 0 aliphatic rings. The van der Waals surface area contributed by atoms with Gasteiger partial charge in [-0.05, 0) is 40.2 Å². The number of hydrogen-bond acceptors (Lipinski definition) is 4. The van der Waals surface area contributed by atoms with Gasteiger partial charge in [0.25, 0.3) is 0 Å². The number of unbranched alkanes of at least 4 members (excludes halogenated alkanes) is 3. The molecule has 0 aromatic heterocycles. The minimum atomic E-state index is -0.593. The van der Waals surface area contributed by atoms with Crippen LogP contribution in [0.25, 0.3) is 0 Å². The van der Waals surface area contributed by atoms with Crippen LogP contribution < -0.4 is 5.32 Å². The molecule has 0 heterocycles. The lowest BCUT2D eigenvalue weighted by Crippen LogP contribution is -2.36. The third kappa shape index (κ3) is 13.7. The summed E-state index contributed by atoms with van der Waals surface area (Å²) in [6.45, 7) is 8.00. The molecule has 0 aliphatic heterocycles. The Morgan fingerprint density at radius 1 is 1.20 bits per heavy atom. The molecule has 3 nitrogen and oxygen atoms in total. The first-order valence-electron chi connectivity index (χ1n) is 5.50. The van der Waals surface area contributed by atoms with Crippen LogP contribution in [0.4, 0.5) is 4.79 Å². The van der Waals surface area contributed by atoms with Crippen molar-refractivity contribution in [1.82, 2.24) is 5.32 Å². The molecule has 90 valence electrons. The molecule has 0 fully saturated rings. The standard InChI is InChI=1S/C11H23NO2S/c1-11(2,3)12-8-6-4-5-7-9-14-10(13)15/h12H,4-9H2,1-3H3,(H,13,15)/p-1. The maximum atomic E-state index is 10.3. The van der Waals surface area contributed by atoms with Crippen LogP contribution in [0.15, 0.2) is 0 Å². The number of rotatable bonds is 7. The molecule has 0 spiro atoms. The van der Waals surface area contributed by atoms with E-state index in [1.54, 1.807) is 0 Å². The van der Waals surface area contributed by atoms with Gasteiger partial charge in [0.1, 0.15) is 0 Å². The van der Waals surface area contributed by atoms with Gasteiger partial charge in [-0.2, -0.15) is 0 Å². The van der Waals surface area contributed by atoms with Gasteiger partial charge in [0.2, 0.25) is 0 Å². The summed E-state index contributed by atoms with van der Waals surface area (Å²) < 4.78 is 4.66. The van der Waals surface area contributed by atoms with E-state index in [-0.39, 0.29) is 5.54 Å². The van der Waals surface area contributed by atoms with Gasteiger partial charge in [0, 0.05) is 5.54 Å². The zero-order valence-electron chi connectivity index (χ0n) is 9.97. The molecule has 0 saturated heterocycles. The summed E-state index contributed by atoms with van der Waals surface area (Å²) in [7, 11) is 0. The highest BCUT2D eigenvalue weighted by Crippen LogP contribution is 2.02. The summed E-state index contributed by atoms with van der Waals surface area (Å²) in [5, 5.41) is 2.84. The Labute approximate surface area is 98.4 Å². The third-order valence-electron chi connectivity index (χ3n) is 1.95. The van der Waals surface area contributed by atoms with Crippen molar-refractivity contribution in [3.63, 3.8) is 0 Å². The van der Waals surface area contributed by atoms with E-state index in [1.165, 1.54) is 6.42 Å². The van der Waals surface area contributed by atoms with Crippen LogP contribution >= 0.6 is 0 Å². The summed E-state index contributed by atoms with van der Waals surface area (Å²) >= 11 is 4.27. The van der Waals surface area contributed by atoms with Gasteiger partial charge in [-0.15, -0.1) is 0 Å². The Hall–Kier alpha value is -0.350. The third-order valence-corrected chi connectivity index (χ3v) is 2.06. The minimum absolute atomic E-state index is 0.206. The molecule has 0 bridgehead atoms. The van der Waals surface area contributed by atoms with Crippen LogP contribution in [-0.2, 0) is 17.4 Å². The van der Waals surface area contributed by atoms with Gasteiger partial charge in [-0.1, -0.05) is 12.8 Å². The van der Waals surface area contributed by atoms with E-state index >= 15 is 0 Å². The smallest absolute Gasteiger partial charge is 0.184 e. The first-order valence-corrected chi connectivity index (χ1v) is 5.91. The van der Waals surface area contributed by atoms with Crippen LogP contribution in [0.1, 0.15) is 46.5 Å². The lowest BCUT2D eigenvalue weighted by atomic mass is 10.1. The fourth-order valence-corrected chi connectivity index (χ4v) is 1.28. The Morgan fingerprint density at radius 3 is 2.33 bits per heavy atom. The van der Waals surface area contributed by atoms with Gasteiger partial charge in [-0.3, -0.25) is 4.79 Å². The average molecular weight is 232 g/mol. The predicted molar refractivity (Wildman–Crippen MR) is 64.9 cm³/mol. The monoisotopic (exact) mass is 232 g/mol. The highest BCUT2D eigenvalue weighted by molar-refractivity contribution is 7.76. The number of hydrogen-bond donors (Lipinski definition) is 1. The van der Waals surface area contributed by atoms with Crippen LogP contribution in [0.5, 0.6) is 0 Å². The second-order valence-electron chi connectivity index (χ2n) is 4.69. The molecular formula is C11H22NO2S-. The summed E-state index contributed by atoms with van der Waals surface area (Å²) in [4.78, 5) is 10.3. The van der Waals surface area contributed by atoms with E-state index in [4.69, 9.17) is 0 Å². The van der Waals surface area contributed by atoms with Crippen molar-refractivity contribution in [1.29, 1.82) is 0 Å². The zero-order valence-corrected chi connectivity index (χ0v) is 10.8. The number of carbonyl (C=O) groups excluding carboxylic acids is 1. The fourth-order valence-electron chi connectivity index (χ4n) is 1.20. The highest BCUT2D eigenvalue weighted by atomic mass is 32.1. The average Bonchev–Trinajstić information content (AvgIpc) is 2.07. The molecular weight excluding hydrogens is 210 g/mol. The largest absolute Gasteiger partial charge is 0.698 e. The normalized spacial score (nSPS) is 11.4. The van der Waals surface area contributed by atoms with Gasteiger partial charge in [-0.25, -0.2) is 0 Å². The molecule has 4 heteroatoms. The molecule has 0 atom stereocenters. The molecule has 0 rings (SSSR count).